The van der Waals surface area contributed by atoms with Gasteiger partial charge in [0.05, 0.1) is 12.7 Å². The van der Waals surface area contributed by atoms with Crippen molar-refractivity contribution in [1.29, 1.82) is 0 Å². The van der Waals surface area contributed by atoms with Crippen molar-refractivity contribution in [2.24, 2.45) is 5.92 Å². The van der Waals surface area contributed by atoms with Gasteiger partial charge >= 0.3 is 0 Å². The minimum Gasteiger partial charge on any atom is -0.389 e. The van der Waals surface area contributed by atoms with Crippen LogP contribution in [0.5, 0.6) is 0 Å². The molecule has 21 heavy (non-hydrogen) atoms. The van der Waals surface area contributed by atoms with Crippen molar-refractivity contribution in [3.05, 3.63) is 35.9 Å². The maximum Gasteiger partial charge on any atom is 0.0897 e. The highest BCUT2D eigenvalue weighted by Gasteiger charge is 2.08. The molecule has 120 valence electrons. The summed E-state index contributed by atoms with van der Waals surface area (Å²) in [6.45, 7) is 8.32. The Bertz CT molecular complexity index is 353. The fourth-order valence-electron chi connectivity index (χ4n) is 2.25. The standard InChI is InChI=1S/C18H31NO2/c1-15(2)8-7-11-21-14-18(20)13-19-16(3)12-17-9-5-4-6-10-17/h4-6,9-10,15-16,18-20H,7-8,11-14H2,1-3H3. The van der Waals surface area contributed by atoms with Crippen molar-refractivity contribution in [3.8, 4) is 0 Å². The summed E-state index contributed by atoms with van der Waals surface area (Å²) >= 11 is 0. The van der Waals surface area contributed by atoms with Crippen LogP contribution in [0.25, 0.3) is 0 Å². The normalized spacial score (nSPS) is 14.3. The van der Waals surface area contributed by atoms with Crippen LogP contribution >= 0.6 is 0 Å². The first-order valence-electron chi connectivity index (χ1n) is 8.11. The molecule has 1 rings (SSSR count). The molecule has 0 saturated heterocycles. The van der Waals surface area contributed by atoms with Gasteiger partial charge in [0.25, 0.3) is 0 Å². The predicted octanol–water partition coefficient (Wildman–Crippen LogP) is 3.02. The van der Waals surface area contributed by atoms with Gasteiger partial charge in [0.2, 0.25) is 0 Å². The molecule has 0 aliphatic carbocycles. The lowest BCUT2D eigenvalue weighted by Gasteiger charge is -2.17. The molecule has 0 heterocycles. The minimum atomic E-state index is -0.428. The number of nitrogens with one attached hydrogen (secondary N) is 1. The Morgan fingerprint density at radius 2 is 1.86 bits per heavy atom. The maximum absolute atomic E-state index is 9.89. The third-order valence-electron chi connectivity index (χ3n) is 3.47. The van der Waals surface area contributed by atoms with Crippen LogP contribution in [0.4, 0.5) is 0 Å². The van der Waals surface area contributed by atoms with E-state index in [1.54, 1.807) is 0 Å². The molecule has 0 aliphatic heterocycles. The number of rotatable bonds is 11. The molecular formula is C18H31NO2. The Kier molecular flexibility index (Phi) is 9.31. The molecule has 1 aromatic carbocycles. The molecule has 0 amide bonds. The van der Waals surface area contributed by atoms with E-state index in [2.05, 4.69) is 50.4 Å². The van der Waals surface area contributed by atoms with Crippen LogP contribution in [0.1, 0.15) is 39.2 Å². The van der Waals surface area contributed by atoms with E-state index in [9.17, 15) is 5.11 Å². The number of aliphatic hydroxyl groups excluding tert-OH is 1. The van der Waals surface area contributed by atoms with Gasteiger partial charge in [-0.25, -0.2) is 0 Å². The second kappa shape index (κ2) is 10.8. The molecule has 2 atom stereocenters. The molecule has 0 saturated carbocycles. The summed E-state index contributed by atoms with van der Waals surface area (Å²) < 4.78 is 5.51. The lowest BCUT2D eigenvalue weighted by molar-refractivity contribution is 0.0337. The first-order chi connectivity index (χ1) is 10.1. The average molecular weight is 293 g/mol. The largest absolute Gasteiger partial charge is 0.389 e. The van der Waals surface area contributed by atoms with Gasteiger partial charge in [0.15, 0.2) is 0 Å². The van der Waals surface area contributed by atoms with E-state index >= 15 is 0 Å². The van der Waals surface area contributed by atoms with E-state index in [4.69, 9.17) is 4.74 Å². The van der Waals surface area contributed by atoms with E-state index in [0.29, 0.717) is 19.2 Å². The third kappa shape index (κ3) is 9.62. The lowest BCUT2D eigenvalue weighted by Crippen LogP contribution is -2.37. The summed E-state index contributed by atoms with van der Waals surface area (Å²) in [5.41, 5.74) is 1.32. The zero-order valence-corrected chi connectivity index (χ0v) is 13.7. The van der Waals surface area contributed by atoms with Gasteiger partial charge in [-0.3, -0.25) is 0 Å². The maximum atomic E-state index is 9.89. The second-order valence-electron chi connectivity index (χ2n) is 6.26. The second-order valence-corrected chi connectivity index (χ2v) is 6.26. The molecule has 1 aromatic rings. The Hall–Kier alpha value is -0.900. The fraction of sp³-hybridized carbons (Fsp3) is 0.667. The molecule has 2 unspecified atom stereocenters. The summed E-state index contributed by atoms with van der Waals surface area (Å²) in [5.74, 6) is 0.721. The summed E-state index contributed by atoms with van der Waals surface area (Å²) in [5, 5.41) is 13.2. The Labute approximate surface area is 129 Å². The molecule has 2 N–H and O–H groups in total. The van der Waals surface area contributed by atoms with Crippen LogP contribution in [0.15, 0.2) is 30.3 Å². The van der Waals surface area contributed by atoms with Gasteiger partial charge in [-0.05, 0) is 37.7 Å². The van der Waals surface area contributed by atoms with Gasteiger partial charge in [-0.1, -0.05) is 44.2 Å². The van der Waals surface area contributed by atoms with E-state index in [1.807, 2.05) is 6.07 Å². The Balaban J connectivity index is 2.05. The zero-order chi connectivity index (χ0) is 15.5. The predicted molar refractivity (Wildman–Crippen MR) is 88.5 cm³/mol. The highest BCUT2D eigenvalue weighted by Crippen LogP contribution is 2.04. The summed E-state index contributed by atoms with van der Waals surface area (Å²) in [6, 6.07) is 10.8. The molecule has 0 radical (unpaired) electrons. The number of benzene rings is 1. The van der Waals surface area contributed by atoms with E-state index in [1.165, 1.54) is 12.0 Å². The van der Waals surface area contributed by atoms with E-state index in [-0.39, 0.29) is 0 Å². The highest BCUT2D eigenvalue weighted by molar-refractivity contribution is 5.15. The van der Waals surface area contributed by atoms with Gasteiger partial charge in [-0.2, -0.15) is 0 Å². The van der Waals surface area contributed by atoms with Gasteiger partial charge in [0.1, 0.15) is 0 Å². The molecule has 3 nitrogen and oxygen atoms in total. The summed E-state index contributed by atoms with van der Waals surface area (Å²) in [7, 11) is 0. The quantitative estimate of drug-likeness (QED) is 0.616. The molecule has 0 bridgehead atoms. The van der Waals surface area contributed by atoms with Crippen molar-refractivity contribution in [2.75, 3.05) is 19.8 Å². The van der Waals surface area contributed by atoms with Crippen LogP contribution < -0.4 is 5.32 Å². The van der Waals surface area contributed by atoms with Crippen molar-refractivity contribution < 1.29 is 9.84 Å². The van der Waals surface area contributed by atoms with Gasteiger partial charge in [-0.15, -0.1) is 0 Å². The Morgan fingerprint density at radius 1 is 1.14 bits per heavy atom. The first kappa shape index (κ1) is 18.1. The van der Waals surface area contributed by atoms with Crippen LogP contribution in [0.3, 0.4) is 0 Å². The zero-order valence-electron chi connectivity index (χ0n) is 13.7. The smallest absolute Gasteiger partial charge is 0.0897 e. The molecule has 3 heteroatoms. The lowest BCUT2D eigenvalue weighted by atomic mass is 10.1. The van der Waals surface area contributed by atoms with Gasteiger partial charge in [0, 0.05) is 19.2 Å². The summed E-state index contributed by atoms with van der Waals surface area (Å²) in [4.78, 5) is 0. The molecule has 0 spiro atoms. The van der Waals surface area contributed by atoms with E-state index in [0.717, 1.165) is 25.4 Å². The SMILES string of the molecule is CC(C)CCCOCC(O)CNC(C)Cc1ccccc1. The average Bonchev–Trinajstić information content (AvgIpc) is 2.45. The van der Waals surface area contributed by atoms with Crippen LogP contribution in [0.2, 0.25) is 0 Å². The number of hydrogen-bond acceptors (Lipinski definition) is 3. The molecular weight excluding hydrogens is 262 g/mol. The number of hydrogen-bond donors (Lipinski definition) is 2. The third-order valence-corrected chi connectivity index (χ3v) is 3.47. The monoisotopic (exact) mass is 293 g/mol. The van der Waals surface area contributed by atoms with Crippen LogP contribution in [0, 0.1) is 5.92 Å². The van der Waals surface area contributed by atoms with Crippen molar-refractivity contribution in [3.63, 3.8) is 0 Å². The van der Waals surface area contributed by atoms with E-state index < -0.39 is 6.10 Å². The number of ether oxygens (including phenoxy) is 1. The van der Waals surface area contributed by atoms with Crippen molar-refractivity contribution >= 4 is 0 Å². The topological polar surface area (TPSA) is 41.5 Å². The van der Waals surface area contributed by atoms with Crippen LogP contribution in [-0.4, -0.2) is 37.0 Å². The minimum absolute atomic E-state index is 0.350. The highest BCUT2D eigenvalue weighted by atomic mass is 16.5. The molecule has 0 aromatic heterocycles. The van der Waals surface area contributed by atoms with Crippen LogP contribution in [-0.2, 0) is 11.2 Å². The Morgan fingerprint density at radius 3 is 2.52 bits per heavy atom. The first-order valence-corrected chi connectivity index (χ1v) is 8.11. The number of aliphatic hydroxyl groups is 1. The molecule has 0 aliphatic rings. The van der Waals surface area contributed by atoms with Crippen molar-refractivity contribution in [1.82, 2.24) is 5.32 Å². The molecule has 0 fully saturated rings. The fourth-order valence-corrected chi connectivity index (χ4v) is 2.25. The summed E-state index contributed by atoms with van der Waals surface area (Å²) in [6.07, 6.45) is 2.80. The van der Waals surface area contributed by atoms with Gasteiger partial charge < -0.3 is 15.2 Å². The van der Waals surface area contributed by atoms with Crippen molar-refractivity contribution in [2.45, 2.75) is 52.2 Å².